The molecule has 2 rings (SSSR count). The van der Waals surface area contributed by atoms with Crippen LogP contribution in [0.5, 0.6) is 5.75 Å². The van der Waals surface area contributed by atoms with Crippen molar-refractivity contribution in [2.75, 3.05) is 12.8 Å². The molecule has 8 heteroatoms. The second-order valence-electron chi connectivity index (χ2n) is 5.17. The van der Waals surface area contributed by atoms with E-state index in [9.17, 15) is 19.7 Å². The number of methoxy groups -OCH3 is 1. The van der Waals surface area contributed by atoms with Crippen LogP contribution >= 0.6 is 0 Å². The fourth-order valence-electron chi connectivity index (χ4n) is 2.10. The first-order valence-corrected chi connectivity index (χ1v) is 7.26. The van der Waals surface area contributed by atoms with Crippen molar-refractivity contribution in [1.29, 1.82) is 0 Å². The van der Waals surface area contributed by atoms with Crippen LogP contribution < -0.4 is 10.5 Å². The van der Waals surface area contributed by atoms with Crippen molar-refractivity contribution < 1.29 is 24.0 Å². The van der Waals surface area contributed by atoms with Gasteiger partial charge in [-0.25, -0.2) is 4.79 Å². The summed E-state index contributed by atoms with van der Waals surface area (Å²) in [5.41, 5.74) is 5.57. The Morgan fingerprint density at radius 1 is 1.16 bits per heavy atom. The second-order valence-corrected chi connectivity index (χ2v) is 5.17. The van der Waals surface area contributed by atoms with Crippen LogP contribution in [0.2, 0.25) is 0 Å². The van der Waals surface area contributed by atoms with Crippen molar-refractivity contribution in [3.63, 3.8) is 0 Å². The molecule has 2 aromatic rings. The van der Waals surface area contributed by atoms with E-state index in [1.165, 1.54) is 26.2 Å². The molecule has 0 aliphatic rings. The van der Waals surface area contributed by atoms with Gasteiger partial charge in [0.05, 0.1) is 17.6 Å². The number of non-ortho nitro benzene ring substituents is 1. The molecule has 0 fully saturated rings. The molecular formula is C17H16N2O6. The normalized spacial score (nSPS) is 11.4. The molecule has 2 N–H and O–H groups in total. The summed E-state index contributed by atoms with van der Waals surface area (Å²) in [4.78, 5) is 34.7. The zero-order chi connectivity index (χ0) is 18.6. The van der Waals surface area contributed by atoms with E-state index in [0.717, 1.165) is 6.07 Å². The summed E-state index contributed by atoms with van der Waals surface area (Å²) in [6.07, 6.45) is -1.08. The van der Waals surface area contributed by atoms with Gasteiger partial charge in [0.15, 0.2) is 6.10 Å². The molecular weight excluding hydrogens is 328 g/mol. The van der Waals surface area contributed by atoms with E-state index in [1.807, 2.05) is 0 Å². The Bertz CT molecular complexity index is 816. The molecule has 1 atom stereocenters. The Balaban J connectivity index is 2.15. The van der Waals surface area contributed by atoms with E-state index in [-0.39, 0.29) is 16.9 Å². The van der Waals surface area contributed by atoms with E-state index in [0.29, 0.717) is 11.3 Å². The molecule has 0 amide bonds. The number of nitrogen functional groups attached to an aromatic ring is 1. The molecule has 0 aromatic heterocycles. The van der Waals surface area contributed by atoms with E-state index in [2.05, 4.69) is 0 Å². The molecule has 0 radical (unpaired) electrons. The highest BCUT2D eigenvalue weighted by Gasteiger charge is 2.23. The predicted molar refractivity (Wildman–Crippen MR) is 89.7 cm³/mol. The van der Waals surface area contributed by atoms with Crippen LogP contribution in [0.3, 0.4) is 0 Å². The number of nitro benzene ring substituents is 1. The first-order valence-electron chi connectivity index (χ1n) is 7.26. The number of hydrogen-bond acceptors (Lipinski definition) is 7. The van der Waals surface area contributed by atoms with Crippen molar-refractivity contribution in [3.05, 3.63) is 63.7 Å². The van der Waals surface area contributed by atoms with E-state index in [1.54, 1.807) is 24.3 Å². The second kappa shape index (κ2) is 7.43. The Labute approximate surface area is 143 Å². The fraction of sp³-hybridized carbons (Fsp3) is 0.176. The molecule has 0 unspecified atom stereocenters. The van der Waals surface area contributed by atoms with Crippen molar-refractivity contribution in [3.8, 4) is 5.75 Å². The lowest BCUT2D eigenvalue weighted by Gasteiger charge is -2.13. The molecule has 0 saturated heterocycles. The third-order valence-electron chi connectivity index (χ3n) is 3.50. The van der Waals surface area contributed by atoms with Crippen LogP contribution in [-0.4, -0.2) is 29.9 Å². The summed E-state index contributed by atoms with van der Waals surface area (Å²) in [6, 6.07) is 9.76. The van der Waals surface area contributed by atoms with Crippen LogP contribution in [0.25, 0.3) is 0 Å². The molecule has 0 aliphatic carbocycles. The summed E-state index contributed by atoms with van der Waals surface area (Å²) in [7, 11) is 1.50. The van der Waals surface area contributed by atoms with E-state index < -0.39 is 22.8 Å². The smallest absolute Gasteiger partial charge is 0.341 e. The number of ketones is 1. The first-order chi connectivity index (χ1) is 11.8. The summed E-state index contributed by atoms with van der Waals surface area (Å²) in [6.45, 7) is 1.41. The van der Waals surface area contributed by atoms with Crippen LogP contribution in [-0.2, 0) is 4.74 Å². The quantitative estimate of drug-likeness (QED) is 0.281. The molecule has 0 saturated carbocycles. The molecule has 25 heavy (non-hydrogen) atoms. The van der Waals surface area contributed by atoms with Crippen molar-refractivity contribution in [1.82, 2.24) is 0 Å². The van der Waals surface area contributed by atoms with Crippen molar-refractivity contribution in [2.24, 2.45) is 0 Å². The van der Waals surface area contributed by atoms with Crippen LogP contribution in [0.4, 0.5) is 11.4 Å². The highest BCUT2D eigenvalue weighted by atomic mass is 16.6. The minimum atomic E-state index is -1.08. The summed E-state index contributed by atoms with van der Waals surface area (Å²) < 4.78 is 10.1. The lowest BCUT2D eigenvalue weighted by molar-refractivity contribution is -0.384. The minimum absolute atomic E-state index is 0.0275. The third-order valence-corrected chi connectivity index (χ3v) is 3.50. The summed E-state index contributed by atoms with van der Waals surface area (Å²) in [5, 5.41) is 10.8. The van der Waals surface area contributed by atoms with Gasteiger partial charge < -0.3 is 15.2 Å². The number of carbonyl (C=O) groups excluding carboxylic acids is 2. The number of carbonyl (C=O) groups is 2. The standard InChI is InChI=1S/C17H16N2O6/c1-10(16(20)11-3-6-13(24-2)7-4-11)25-17(21)14-9-12(19(22)23)5-8-15(14)18/h3-10H,18H2,1-2H3/t10-/m1/s1. The van der Waals surface area contributed by atoms with Gasteiger partial charge in [-0.1, -0.05) is 0 Å². The van der Waals surface area contributed by atoms with Gasteiger partial charge in [0.1, 0.15) is 5.75 Å². The topological polar surface area (TPSA) is 122 Å². The molecule has 2 aromatic carbocycles. The minimum Gasteiger partial charge on any atom is -0.497 e. The van der Waals surface area contributed by atoms with Gasteiger partial charge in [-0.05, 0) is 37.3 Å². The van der Waals surface area contributed by atoms with Crippen molar-refractivity contribution in [2.45, 2.75) is 13.0 Å². The zero-order valence-electron chi connectivity index (χ0n) is 13.6. The Hall–Kier alpha value is -3.42. The molecule has 0 aliphatic heterocycles. The monoisotopic (exact) mass is 344 g/mol. The number of anilines is 1. The van der Waals surface area contributed by atoms with Crippen LogP contribution in [0, 0.1) is 10.1 Å². The maximum absolute atomic E-state index is 12.3. The van der Waals surface area contributed by atoms with Gasteiger partial charge in [-0.2, -0.15) is 0 Å². The number of ether oxygens (including phenoxy) is 2. The largest absolute Gasteiger partial charge is 0.497 e. The number of nitro groups is 1. The highest BCUT2D eigenvalue weighted by molar-refractivity contribution is 6.02. The maximum Gasteiger partial charge on any atom is 0.341 e. The van der Waals surface area contributed by atoms with Gasteiger partial charge in [-0.15, -0.1) is 0 Å². The number of nitrogens with two attached hydrogens (primary N) is 1. The van der Waals surface area contributed by atoms with Gasteiger partial charge in [0, 0.05) is 23.4 Å². The Morgan fingerprint density at radius 2 is 1.80 bits per heavy atom. The molecule has 0 heterocycles. The fourth-order valence-corrected chi connectivity index (χ4v) is 2.10. The number of nitrogens with zero attached hydrogens (tertiary/aromatic N) is 1. The van der Waals surface area contributed by atoms with Gasteiger partial charge in [-0.3, -0.25) is 14.9 Å². The van der Waals surface area contributed by atoms with Gasteiger partial charge in [0.25, 0.3) is 5.69 Å². The number of esters is 1. The number of hydrogen-bond donors (Lipinski definition) is 1. The predicted octanol–water partition coefficient (Wildman–Crippen LogP) is 2.61. The van der Waals surface area contributed by atoms with Gasteiger partial charge >= 0.3 is 5.97 Å². The van der Waals surface area contributed by atoms with E-state index in [4.69, 9.17) is 15.2 Å². The molecule has 0 bridgehead atoms. The molecule has 130 valence electrons. The highest BCUT2D eigenvalue weighted by Crippen LogP contribution is 2.21. The first kappa shape index (κ1) is 17.9. The Kier molecular flexibility index (Phi) is 5.33. The third kappa shape index (κ3) is 4.11. The zero-order valence-corrected chi connectivity index (χ0v) is 13.6. The lowest BCUT2D eigenvalue weighted by Crippen LogP contribution is -2.25. The summed E-state index contributed by atoms with van der Waals surface area (Å²) in [5.74, 6) is -0.735. The maximum atomic E-state index is 12.3. The molecule has 0 spiro atoms. The molecule has 8 nitrogen and oxygen atoms in total. The average Bonchev–Trinajstić information content (AvgIpc) is 2.61. The summed E-state index contributed by atoms with van der Waals surface area (Å²) >= 11 is 0. The SMILES string of the molecule is COc1ccc(C(=O)[C@@H](C)OC(=O)c2cc([N+](=O)[O-])ccc2N)cc1. The Morgan fingerprint density at radius 3 is 2.36 bits per heavy atom. The number of benzene rings is 2. The van der Waals surface area contributed by atoms with Crippen LogP contribution in [0.1, 0.15) is 27.6 Å². The average molecular weight is 344 g/mol. The van der Waals surface area contributed by atoms with Crippen molar-refractivity contribution >= 4 is 23.1 Å². The van der Waals surface area contributed by atoms with Gasteiger partial charge in [0.2, 0.25) is 5.78 Å². The number of Topliss-reactive ketones (excluding diaryl/α,β-unsaturated/α-hetero) is 1. The van der Waals surface area contributed by atoms with Crippen LogP contribution in [0.15, 0.2) is 42.5 Å². The number of rotatable bonds is 6. The lowest BCUT2D eigenvalue weighted by atomic mass is 10.1. The van der Waals surface area contributed by atoms with E-state index >= 15 is 0 Å².